The average molecular weight is 385 g/mol. The molecular weight excluding hydrogens is 348 g/mol. The summed E-state index contributed by atoms with van der Waals surface area (Å²) in [5.41, 5.74) is -1.14. The van der Waals surface area contributed by atoms with Gasteiger partial charge in [-0.2, -0.15) is 0 Å². The van der Waals surface area contributed by atoms with Gasteiger partial charge in [0.25, 0.3) is 0 Å². The van der Waals surface area contributed by atoms with E-state index in [0.29, 0.717) is 12.8 Å². The second-order valence-electron chi connectivity index (χ2n) is 8.29. The zero-order valence-electron chi connectivity index (χ0n) is 17.9. The quantitative estimate of drug-likeness (QED) is 0.491. The summed E-state index contributed by atoms with van der Waals surface area (Å²) in [7, 11) is 1.62. The van der Waals surface area contributed by atoms with E-state index < -0.39 is 11.1 Å². The molecule has 7 heteroatoms. The highest BCUT2D eigenvalue weighted by Gasteiger charge is 2.29. The molecule has 0 fully saturated rings. The first kappa shape index (κ1) is 25.2. The first-order valence-electron chi connectivity index (χ1n) is 9.48. The van der Waals surface area contributed by atoms with Crippen LogP contribution in [0.2, 0.25) is 0 Å². The molecule has 0 aromatic heterocycles. The van der Waals surface area contributed by atoms with Gasteiger partial charge < -0.3 is 19.7 Å². The van der Waals surface area contributed by atoms with Gasteiger partial charge in [0.2, 0.25) is 11.8 Å². The van der Waals surface area contributed by atoms with Crippen molar-refractivity contribution in [3.05, 3.63) is 0 Å². The lowest BCUT2D eigenvalue weighted by Crippen LogP contribution is -2.49. The third kappa shape index (κ3) is 10.9. The lowest BCUT2D eigenvalue weighted by atomic mass is 9.96. The van der Waals surface area contributed by atoms with Gasteiger partial charge in [0.05, 0.1) is 17.7 Å². The summed E-state index contributed by atoms with van der Waals surface area (Å²) in [4.78, 5) is 47.7. The molecule has 0 bridgehead atoms. The number of hydrogen-bond acceptors (Lipinski definition) is 5. The molecule has 0 radical (unpaired) electrons. The van der Waals surface area contributed by atoms with Gasteiger partial charge >= 0.3 is 0 Å². The second kappa shape index (κ2) is 11.2. The molecule has 0 rings (SSSR count). The molecule has 2 unspecified atom stereocenters. The van der Waals surface area contributed by atoms with E-state index in [0.717, 1.165) is 6.29 Å². The highest BCUT2D eigenvalue weighted by atomic mass is 16.5. The highest BCUT2D eigenvalue weighted by molar-refractivity contribution is 5.80. The molecule has 2 amide bonds. The Hall–Kier alpha value is -1.76. The van der Waals surface area contributed by atoms with E-state index in [1.807, 2.05) is 27.7 Å². The van der Waals surface area contributed by atoms with Crippen molar-refractivity contribution < 1.29 is 23.9 Å². The summed E-state index contributed by atoms with van der Waals surface area (Å²) in [5, 5.41) is 2.91. The van der Waals surface area contributed by atoms with Crippen molar-refractivity contribution in [2.75, 3.05) is 20.2 Å². The fourth-order valence-electron chi connectivity index (χ4n) is 2.51. The molecule has 2 atom stereocenters. The van der Waals surface area contributed by atoms with Crippen LogP contribution in [0.4, 0.5) is 0 Å². The Balaban J connectivity index is 4.47. The van der Waals surface area contributed by atoms with E-state index >= 15 is 0 Å². The molecule has 1 N–H and O–H groups in total. The Morgan fingerprint density at radius 2 is 1.81 bits per heavy atom. The third-order valence-corrected chi connectivity index (χ3v) is 4.46. The molecular formula is C20H36N2O5. The van der Waals surface area contributed by atoms with E-state index in [-0.39, 0.29) is 49.5 Å². The topological polar surface area (TPSA) is 92.8 Å². The van der Waals surface area contributed by atoms with E-state index in [4.69, 9.17) is 4.74 Å². The second-order valence-corrected chi connectivity index (χ2v) is 8.29. The van der Waals surface area contributed by atoms with Gasteiger partial charge in [0.1, 0.15) is 12.1 Å². The number of amides is 2. The maximum Gasteiger partial charge on any atom is 0.223 e. The van der Waals surface area contributed by atoms with Crippen molar-refractivity contribution in [1.29, 1.82) is 0 Å². The normalized spacial score (nSPS) is 14.8. The number of nitrogens with zero attached hydrogens (tertiary/aromatic N) is 1. The van der Waals surface area contributed by atoms with Crippen molar-refractivity contribution in [2.45, 2.75) is 78.4 Å². The number of nitrogens with one attached hydrogen (secondary N) is 1. The van der Waals surface area contributed by atoms with Crippen LogP contribution in [0.1, 0.15) is 67.2 Å². The van der Waals surface area contributed by atoms with Crippen molar-refractivity contribution >= 4 is 23.9 Å². The van der Waals surface area contributed by atoms with Gasteiger partial charge in [0.15, 0.2) is 0 Å². The number of rotatable bonds is 13. The number of carbonyl (C=O) groups excluding carboxylic acids is 4. The Labute approximate surface area is 163 Å². The Bertz CT molecular complexity index is 532. The van der Waals surface area contributed by atoms with Crippen LogP contribution in [-0.2, 0) is 23.9 Å². The lowest BCUT2D eigenvalue weighted by molar-refractivity contribution is -0.134. The molecule has 0 aromatic carbocycles. The number of Topliss-reactive ketones (excluding diaryl/α,β-unsaturated/α-hetero) is 1. The largest absolute Gasteiger partial charge is 0.372 e. The van der Waals surface area contributed by atoms with Crippen LogP contribution in [0.5, 0.6) is 0 Å². The summed E-state index contributed by atoms with van der Waals surface area (Å²) in [6.07, 6.45) is 2.09. The number of ether oxygens (including phenoxy) is 1. The predicted molar refractivity (Wildman–Crippen MR) is 104 cm³/mol. The number of aldehydes is 1. The third-order valence-electron chi connectivity index (χ3n) is 4.46. The number of carbonyl (C=O) groups is 4. The van der Waals surface area contributed by atoms with Crippen LogP contribution in [0.25, 0.3) is 0 Å². The van der Waals surface area contributed by atoms with Crippen molar-refractivity contribution in [2.24, 2.45) is 5.92 Å². The summed E-state index contributed by atoms with van der Waals surface area (Å²) in [5.74, 6) is -0.602. The predicted octanol–water partition coefficient (Wildman–Crippen LogP) is 2.12. The van der Waals surface area contributed by atoms with Gasteiger partial charge in [-0.05, 0) is 34.1 Å². The van der Waals surface area contributed by atoms with Crippen molar-refractivity contribution in [1.82, 2.24) is 10.2 Å². The molecule has 0 aromatic rings. The summed E-state index contributed by atoms with van der Waals surface area (Å²) in [6.45, 7) is 11.4. The minimum absolute atomic E-state index is 0.0674. The van der Waals surface area contributed by atoms with Gasteiger partial charge in [0, 0.05) is 38.8 Å². The Kier molecular flexibility index (Phi) is 10.4. The molecule has 0 heterocycles. The zero-order valence-corrected chi connectivity index (χ0v) is 17.9. The van der Waals surface area contributed by atoms with Gasteiger partial charge in [-0.15, -0.1) is 0 Å². The fraction of sp³-hybridized carbons (Fsp3) is 0.800. The highest BCUT2D eigenvalue weighted by Crippen LogP contribution is 2.22. The Morgan fingerprint density at radius 3 is 2.30 bits per heavy atom. The lowest BCUT2D eigenvalue weighted by Gasteiger charge is -2.34. The monoisotopic (exact) mass is 384 g/mol. The smallest absolute Gasteiger partial charge is 0.223 e. The molecule has 0 spiro atoms. The molecule has 0 aliphatic rings. The van der Waals surface area contributed by atoms with Crippen LogP contribution in [0.3, 0.4) is 0 Å². The summed E-state index contributed by atoms with van der Waals surface area (Å²) in [6, 6.07) is 0. The van der Waals surface area contributed by atoms with Gasteiger partial charge in [-0.3, -0.25) is 14.4 Å². The maximum absolute atomic E-state index is 12.2. The van der Waals surface area contributed by atoms with Gasteiger partial charge in [-0.25, -0.2) is 0 Å². The first-order chi connectivity index (χ1) is 12.3. The van der Waals surface area contributed by atoms with E-state index in [1.165, 1.54) is 11.8 Å². The average Bonchev–Trinajstić information content (AvgIpc) is 2.56. The van der Waals surface area contributed by atoms with E-state index in [9.17, 15) is 19.2 Å². The van der Waals surface area contributed by atoms with Crippen LogP contribution < -0.4 is 5.32 Å². The summed E-state index contributed by atoms with van der Waals surface area (Å²) < 4.78 is 5.94. The first-order valence-corrected chi connectivity index (χ1v) is 9.48. The Morgan fingerprint density at radius 1 is 1.22 bits per heavy atom. The van der Waals surface area contributed by atoms with Crippen molar-refractivity contribution in [3.63, 3.8) is 0 Å². The van der Waals surface area contributed by atoms with Crippen LogP contribution in [0, 0.1) is 5.92 Å². The number of ketones is 1. The van der Waals surface area contributed by atoms with Crippen LogP contribution in [-0.4, -0.2) is 60.1 Å². The van der Waals surface area contributed by atoms with Crippen LogP contribution >= 0.6 is 0 Å². The zero-order chi connectivity index (χ0) is 21.3. The summed E-state index contributed by atoms with van der Waals surface area (Å²) >= 11 is 0. The molecule has 0 aliphatic heterocycles. The molecule has 27 heavy (non-hydrogen) atoms. The molecule has 0 saturated carbocycles. The molecule has 156 valence electrons. The molecule has 0 aliphatic carbocycles. The van der Waals surface area contributed by atoms with Crippen molar-refractivity contribution in [3.8, 4) is 0 Å². The fourth-order valence-corrected chi connectivity index (χ4v) is 2.51. The number of hydrogen-bond donors (Lipinski definition) is 1. The molecule has 0 saturated heterocycles. The van der Waals surface area contributed by atoms with Crippen LogP contribution in [0.15, 0.2) is 0 Å². The SMILES string of the molecule is CCC(C)(CC(C)=O)OCC(C)(C)NC(=O)CCN(C)C(=O)CC(C)C=O. The van der Waals surface area contributed by atoms with Gasteiger partial charge in [-0.1, -0.05) is 13.8 Å². The molecule has 7 nitrogen and oxygen atoms in total. The minimum Gasteiger partial charge on any atom is -0.372 e. The van der Waals surface area contributed by atoms with E-state index in [1.54, 1.807) is 14.0 Å². The van der Waals surface area contributed by atoms with E-state index in [2.05, 4.69) is 5.32 Å². The maximum atomic E-state index is 12.2. The minimum atomic E-state index is -0.598. The standard InChI is InChI=1S/C20H36N2O5/c1-8-20(6,12-16(3)24)27-14-19(4,5)21-17(25)9-10-22(7)18(26)11-15(2)13-23/h13,15H,8-12,14H2,1-7H3,(H,21,25).